The topological polar surface area (TPSA) is 66.4 Å². The Hall–Kier alpha value is -1.32. The first-order valence-electron chi connectivity index (χ1n) is 3.69. The van der Waals surface area contributed by atoms with Gasteiger partial charge in [-0.1, -0.05) is 12.2 Å². The number of aliphatic carboxylic acids is 1. The molecule has 0 radical (unpaired) electrons. The molecule has 1 atom stereocenters. The van der Waals surface area contributed by atoms with Crippen LogP contribution in [0.1, 0.15) is 20.3 Å². The van der Waals surface area contributed by atoms with Crippen LogP contribution in [0.4, 0.5) is 0 Å². The summed E-state index contributed by atoms with van der Waals surface area (Å²) in [5.74, 6) is -1.34. The molecule has 0 aromatic carbocycles. The number of hydrogen-bond acceptors (Lipinski definition) is 2. The predicted octanol–water partition coefficient (Wildman–Crippen LogP) is 0.542. The molecule has 4 nitrogen and oxygen atoms in total. The zero-order valence-corrected chi connectivity index (χ0v) is 7.20. The van der Waals surface area contributed by atoms with Crippen molar-refractivity contribution in [2.75, 3.05) is 0 Å². The third-order valence-corrected chi connectivity index (χ3v) is 1.28. The average Bonchev–Trinajstić information content (AvgIpc) is 1.96. The summed E-state index contributed by atoms with van der Waals surface area (Å²) in [7, 11) is 0. The largest absolute Gasteiger partial charge is 0.480 e. The van der Waals surface area contributed by atoms with Gasteiger partial charge in [0.2, 0.25) is 5.91 Å². The quantitative estimate of drug-likeness (QED) is 0.607. The molecule has 0 heterocycles. The van der Waals surface area contributed by atoms with Crippen LogP contribution in [-0.2, 0) is 9.59 Å². The van der Waals surface area contributed by atoms with Gasteiger partial charge in [0.25, 0.3) is 0 Å². The number of carbonyl (C=O) groups excluding carboxylic acids is 1. The molecule has 0 aromatic heterocycles. The minimum atomic E-state index is -1.01. The highest BCUT2D eigenvalue weighted by molar-refractivity contribution is 5.82. The fourth-order valence-electron chi connectivity index (χ4n) is 0.739. The van der Waals surface area contributed by atoms with Crippen LogP contribution in [0.15, 0.2) is 12.2 Å². The molecule has 0 bridgehead atoms. The Morgan fingerprint density at radius 3 is 2.50 bits per heavy atom. The maximum Gasteiger partial charge on any atom is 0.326 e. The summed E-state index contributed by atoms with van der Waals surface area (Å²) in [5, 5.41) is 10.9. The second-order valence-electron chi connectivity index (χ2n) is 2.40. The van der Waals surface area contributed by atoms with Gasteiger partial charge in [0.1, 0.15) is 6.04 Å². The van der Waals surface area contributed by atoms with Gasteiger partial charge in [0.15, 0.2) is 0 Å². The number of amides is 1. The molecule has 0 saturated carbocycles. The molecule has 68 valence electrons. The van der Waals surface area contributed by atoms with Gasteiger partial charge in [-0.2, -0.15) is 0 Å². The predicted molar refractivity (Wildman–Crippen MR) is 44.7 cm³/mol. The van der Waals surface area contributed by atoms with Gasteiger partial charge in [-0.05, 0) is 13.3 Å². The van der Waals surface area contributed by atoms with E-state index in [-0.39, 0.29) is 5.91 Å². The van der Waals surface area contributed by atoms with Crippen LogP contribution in [0.25, 0.3) is 0 Å². The number of rotatable bonds is 4. The zero-order valence-electron chi connectivity index (χ0n) is 7.20. The molecule has 0 rings (SSSR count). The molecule has 0 saturated heterocycles. The molecule has 0 aromatic rings. The highest BCUT2D eigenvalue weighted by Gasteiger charge is 2.15. The fraction of sp³-hybridized carbons (Fsp3) is 0.500. The first kappa shape index (κ1) is 10.7. The van der Waals surface area contributed by atoms with Crippen molar-refractivity contribution in [2.45, 2.75) is 26.3 Å². The number of hydrogen-bond donors (Lipinski definition) is 2. The van der Waals surface area contributed by atoms with E-state index in [4.69, 9.17) is 5.11 Å². The second kappa shape index (κ2) is 5.35. The lowest BCUT2D eigenvalue weighted by molar-refractivity contribution is -0.141. The molecular weight excluding hydrogens is 158 g/mol. The van der Waals surface area contributed by atoms with Crippen LogP contribution in [0.5, 0.6) is 0 Å². The highest BCUT2D eigenvalue weighted by atomic mass is 16.4. The molecule has 12 heavy (non-hydrogen) atoms. The Balaban J connectivity index is 4.04. The molecule has 4 heteroatoms. The van der Waals surface area contributed by atoms with Crippen molar-refractivity contribution in [1.29, 1.82) is 0 Å². The van der Waals surface area contributed by atoms with E-state index in [1.807, 2.05) is 0 Å². The van der Waals surface area contributed by atoms with Crippen LogP contribution >= 0.6 is 0 Å². The molecular formula is C8H13NO3. The summed E-state index contributed by atoms with van der Waals surface area (Å²) >= 11 is 0. The first-order chi connectivity index (χ1) is 5.57. The second-order valence-corrected chi connectivity index (χ2v) is 2.40. The molecule has 1 amide bonds. The van der Waals surface area contributed by atoms with Crippen LogP contribution in [0.2, 0.25) is 0 Å². The minimum Gasteiger partial charge on any atom is -0.480 e. The maximum absolute atomic E-state index is 10.5. The van der Waals surface area contributed by atoms with Crippen LogP contribution in [-0.4, -0.2) is 23.0 Å². The third-order valence-electron chi connectivity index (χ3n) is 1.28. The number of carboxylic acid groups (broad SMARTS) is 1. The van der Waals surface area contributed by atoms with Crippen LogP contribution in [0, 0.1) is 0 Å². The molecule has 0 aliphatic carbocycles. The zero-order chi connectivity index (χ0) is 9.56. The Kier molecular flexibility index (Phi) is 4.76. The van der Waals surface area contributed by atoms with Gasteiger partial charge < -0.3 is 10.4 Å². The van der Waals surface area contributed by atoms with Crippen molar-refractivity contribution in [3.63, 3.8) is 0 Å². The Labute approximate surface area is 71.3 Å². The molecule has 0 aliphatic heterocycles. The van der Waals surface area contributed by atoms with Gasteiger partial charge >= 0.3 is 5.97 Å². The smallest absolute Gasteiger partial charge is 0.326 e. The normalized spacial score (nSPS) is 12.8. The SMILES string of the molecule is C/C=C\C[C@H](NC(C)=O)C(=O)O. The summed E-state index contributed by atoms with van der Waals surface area (Å²) in [6, 6.07) is -0.807. The lowest BCUT2D eigenvalue weighted by Crippen LogP contribution is -2.39. The average molecular weight is 171 g/mol. The lowest BCUT2D eigenvalue weighted by Gasteiger charge is -2.09. The van der Waals surface area contributed by atoms with Crippen LogP contribution in [0.3, 0.4) is 0 Å². The Morgan fingerprint density at radius 1 is 1.58 bits per heavy atom. The van der Waals surface area contributed by atoms with E-state index in [1.165, 1.54) is 6.92 Å². The van der Waals surface area contributed by atoms with E-state index in [9.17, 15) is 9.59 Å². The fourth-order valence-corrected chi connectivity index (χ4v) is 0.739. The summed E-state index contributed by atoms with van der Waals surface area (Å²) in [6.45, 7) is 3.10. The van der Waals surface area contributed by atoms with E-state index in [1.54, 1.807) is 19.1 Å². The van der Waals surface area contributed by atoms with Gasteiger partial charge in [0.05, 0.1) is 0 Å². The van der Waals surface area contributed by atoms with Crippen molar-refractivity contribution in [3.8, 4) is 0 Å². The number of carboxylic acids is 1. The van der Waals surface area contributed by atoms with E-state index in [2.05, 4.69) is 5.32 Å². The number of allylic oxidation sites excluding steroid dienone is 1. The van der Waals surface area contributed by atoms with Gasteiger partial charge in [0, 0.05) is 6.92 Å². The van der Waals surface area contributed by atoms with Gasteiger partial charge in [-0.3, -0.25) is 4.79 Å². The van der Waals surface area contributed by atoms with Crippen molar-refractivity contribution < 1.29 is 14.7 Å². The summed E-state index contributed by atoms with van der Waals surface area (Å²) < 4.78 is 0. The van der Waals surface area contributed by atoms with Crippen molar-refractivity contribution in [1.82, 2.24) is 5.32 Å². The summed E-state index contributed by atoms with van der Waals surface area (Å²) in [5.41, 5.74) is 0. The lowest BCUT2D eigenvalue weighted by atomic mass is 10.2. The van der Waals surface area contributed by atoms with Crippen LogP contribution < -0.4 is 5.32 Å². The van der Waals surface area contributed by atoms with Gasteiger partial charge in [-0.15, -0.1) is 0 Å². The molecule has 2 N–H and O–H groups in total. The monoisotopic (exact) mass is 171 g/mol. The third kappa shape index (κ3) is 4.49. The maximum atomic E-state index is 10.5. The molecule has 0 fully saturated rings. The number of nitrogens with one attached hydrogen (secondary N) is 1. The standard InChI is InChI=1S/C8H13NO3/c1-3-4-5-7(8(11)12)9-6(2)10/h3-4,7H,5H2,1-2H3,(H,9,10)(H,11,12)/b4-3-/t7-/m0/s1. The van der Waals surface area contributed by atoms with E-state index in [0.717, 1.165) is 0 Å². The highest BCUT2D eigenvalue weighted by Crippen LogP contribution is 1.93. The molecule has 0 spiro atoms. The van der Waals surface area contributed by atoms with Crippen molar-refractivity contribution in [2.24, 2.45) is 0 Å². The summed E-state index contributed by atoms with van der Waals surface area (Å²) in [4.78, 5) is 21.0. The van der Waals surface area contributed by atoms with Gasteiger partial charge in [-0.25, -0.2) is 4.79 Å². The molecule has 0 aliphatic rings. The number of carbonyl (C=O) groups is 2. The van der Waals surface area contributed by atoms with E-state index < -0.39 is 12.0 Å². The van der Waals surface area contributed by atoms with E-state index in [0.29, 0.717) is 6.42 Å². The molecule has 0 unspecified atom stereocenters. The first-order valence-corrected chi connectivity index (χ1v) is 3.69. The minimum absolute atomic E-state index is 0.325. The van der Waals surface area contributed by atoms with Crippen molar-refractivity contribution in [3.05, 3.63) is 12.2 Å². The van der Waals surface area contributed by atoms with Crippen molar-refractivity contribution >= 4 is 11.9 Å². The Morgan fingerprint density at radius 2 is 2.17 bits per heavy atom. The Bertz CT molecular complexity index is 198. The van der Waals surface area contributed by atoms with E-state index >= 15 is 0 Å². The summed E-state index contributed by atoms with van der Waals surface area (Å²) in [6.07, 6.45) is 3.78.